The Labute approximate surface area is 166 Å². The highest BCUT2D eigenvalue weighted by Gasteiger charge is 2.30. The van der Waals surface area contributed by atoms with Crippen LogP contribution in [-0.2, 0) is 17.4 Å². The van der Waals surface area contributed by atoms with Crippen LogP contribution in [0.1, 0.15) is 21.5 Å². The molecule has 0 saturated heterocycles. The number of carbonyl (C=O) groups excluding carboxylic acids is 2. The number of alkyl halides is 3. The Hall–Kier alpha value is -3.23. The minimum Gasteiger partial charge on any atom is -0.497 e. The highest BCUT2D eigenvalue weighted by Crippen LogP contribution is 2.29. The molecule has 0 aliphatic carbocycles. The maximum atomic E-state index is 12.5. The summed E-state index contributed by atoms with van der Waals surface area (Å²) in [4.78, 5) is 24.0. The Bertz CT molecular complexity index is 852. The lowest BCUT2D eigenvalue weighted by atomic mass is 10.1. The summed E-state index contributed by atoms with van der Waals surface area (Å²) in [6.45, 7) is 0.301. The summed E-state index contributed by atoms with van der Waals surface area (Å²) in [6.07, 6.45) is -4.37. The molecule has 2 aromatic rings. The van der Waals surface area contributed by atoms with Gasteiger partial charge in [0.05, 0.1) is 26.2 Å². The zero-order chi connectivity index (χ0) is 21.4. The molecule has 0 aromatic heterocycles. The van der Waals surface area contributed by atoms with E-state index in [2.05, 4.69) is 10.6 Å². The van der Waals surface area contributed by atoms with Crippen LogP contribution < -0.4 is 20.1 Å². The third-order valence-electron chi connectivity index (χ3n) is 4.05. The molecule has 0 saturated carbocycles. The second-order valence-corrected chi connectivity index (χ2v) is 6.04. The van der Waals surface area contributed by atoms with Crippen molar-refractivity contribution in [3.05, 3.63) is 59.2 Å². The molecule has 9 heteroatoms. The highest BCUT2D eigenvalue weighted by molar-refractivity contribution is 5.94. The monoisotopic (exact) mass is 410 g/mol. The number of hydrogen-bond donors (Lipinski definition) is 2. The number of nitrogens with one attached hydrogen (secondary N) is 2. The first-order valence-electron chi connectivity index (χ1n) is 8.67. The summed E-state index contributed by atoms with van der Waals surface area (Å²) in [5.41, 5.74) is -0.0397. The van der Waals surface area contributed by atoms with Crippen LogP contribution in [0.5, 0.6) is 11.5 Å². The summed E-state index contributed by atoms with van der Waals surface area (Å²) in [6, 6.07) is 9.02. The Morgan fingerprint density at radius 1 is 0.931 bits per heavy atom. The maximum absolute atomic E-state index is 12.5. The van der Waals surface area contributed by atoms with Crippen LogP contribution in [0, 0.1) is 0 Å². The number of rotatable bonds is 8. The SMILES string of the molecule is COc1ccc(CC(=O)NCCNC(=O)c2ccc(C(F)(F)F)cc2)c(OC)c1. The number of benzene rings is 2. The number of carbonyl (C=O) groups is 2. The van der Waals surface area contributed by atoms with Crippen molar-refractivity contribution in [1.29, 1.82) is 0 Å². The van der Waals surface area contributed by atoms with Gasteiger partial charge in [0.1, 0.15) is 11.5 Å². The first-order valence-corrected chi connectivity index (χ1v) is 8.67. The van der Waals surface area contributed by atoms with Gasteiger partial charge in [-0.3, -0.25) is 9.59 Å². The van der Waals surface area contributed by atoms with E-state index in [-0.39, 0.29) is 31.0 Å². The lowest BCUT2D eigenvalue weighted by molar-refractivity contribution is -0.137. The van der Waals surface area contributed by atoms with Crippen molar-refractivity contribution >= 4 is 11.8 Å². The van der Waals surface area contributed by atoms with E-state index in [1.165, 1.54) is 14.2 Å². The Balaban J connectivity index is 1.78. The fourth-order valence-electron chi connectivity index (χ4n) is 2.52. The first kappa shape index (κ1) is 22.1. The first-order chi connectivity index (χ1) is 13.7. The quantitative estimate of drug-likeness (QED) is 0.657. The van der Waals surface area contributed by atoms with Crippen LogP contribution in [0.15, 0.2) is 42.5 Å². The second-order valence-electron chi connectivity index (χ2n) is 6.04. The number of methoxy groups -OCH3 is 2. The van der Waals surface area contributed by atoms with Gasteiger partial charge < -0.3 is 20.1 Å². The number of halogens is 3. The molecule has 6 nitrogen and oxygen atoms in total. The van der Waals surface area contributed by atoms with Crippen molar-refractivity contribution in [2.75, 3.05) is 27.3 Å². The number of hydrogen-bond acceptors (Lipinski definition) is 4. The fraction of sp³-hybridized carbons (Fsp3) is 0.300. The van der Waals surface area contributed by atoms with Crippen LogP contribution in [0.2, 0.25) is 0 Å². The Morgan fingerprint density at radius 3 is 2.17 bits per heavy atom. The predicted octanol–water partition coefficient (Wildman–Crippen LogP) is 2.81. The van der Waals surface area contributed by atoms with Gasteiger partial charge in [-0.1, -0.05) is 6.07 Å². The highest BCUT2D eigenvalue weighted by atomic mass is 19.4. The van der Waals surface area contributed by atoms with Gasteiger partial charge in [-0.05, 0) is 30.3 Å². The molecule has 0 heterocycles. The third-order valence-corrected chi connectivity index (χ3v) is 4.05. The van der Waals surface area contributed by atoms with E-state index in [0.717, 1.165) is 24.3 Å². The van der Waals surface area contributed by atoms with Gasteiger partial charge in [0.15, 0.2) is 0 Å². The van der Waals surface area contributed by atoms with E-state index >= 15 is 0 Å². The number of amides is 2. The van der Waals surface area contributed by atoms with Crippen molar-refractivity contribution in [3.8, 4) is 11.5 Å². The molecule has 0 atom stereocenters. The third kappa shape index (κ3) is 6.41. The molecule has 0 unspecified atom stereocenters. The summed E-state index contributed by atoms with van der Waals surface area (Å²) in [7, 11) is 3.02. The van der Waals surface area contributed by atoms with Gasteiger partial charge >= 0.3 is 6.18 Å². The zero-order valence-electron chi connectivity index (χ0n) is 15.9. The number of ether oxygens (including phenoxy) is 2. The Morgan fingerprint density at radius 2 is 1.59 bits per heavy atom. The standard InChI is InChI=1S/C20H21F3N2O4/c1-28-16-8-5-14(17(12-16)29-2)11-18(26)24-9-10-25-19(27)13-3-6-15(7-4-13)20(21,22)23/h3-8,12H,9-11H2,1-2H3,(H,24,26)(H,25,27). The van der Waals surface area contributed by atoms with E-state index in [0.29, 0.717) is 17.1 Å². The molecule has 2 amide bonds. The van der Waals surface area contributed by atoms with Gasteiger partial charge in [-0.2, -0.15) is 13.2 Å². The van der Waals surface area contributed by atoms with Crippen LogP contribution in [-0.4, -0.2) is 39.1 Å². The molecule has 0 bridgehead atoms. The van der Waals surface area contributed by atoms with Gasteiger partial charge in [-0.15, -0.1) is 0 Å². The van der Waals surface area contributed by atoms with E-state index in [1.807, 2.05) is 0 Å². The van der Waals surface area contributed by atoms with E-state index in [9.17, 15) is 22.8 Å². The summed E-state index contributed by atoms with van der Waals surface area (Å²) >= 11 is 0. The predicted molar refractivity (Wildman–Crippen MR) is 100 cm³/mol. The van der Waals surface area contributed by atoms with Crippen LogP contribution in [0.3, 0.4) is 0 Å². The molecule has 29 heavy (non-hydrogen) atoms. The van der Waals surface area contributed by atoms with Crippen molar-refractivity contribution in [2.24, 2.45) is 0 Å². The average molecular weight is 410 g/mol. The lowest BCUT2D eigenvalue weighted by Gasteiger charge is -2.11. The molecular formula is C20H21F3N2O4. The van der Waals surface area contributed by atoms with Crippen molar-refractivity contribution < 1.29 is 32.2 Å². The molecule has 0 spiro atoms. The largest absolute Gasteiger partial charge is 0.497 e. The molecule has 0 fully saturated rings. The summed E-state index contributed by atoms with van der Waals surface area (Å²) < 4.78 is 47.9. The summed E-state index contributed by atoms with van der Waals surface area (Å²) in [5.74, 6) is 0.342. The average Bonchev–Trinajstić information content (AvgIpc) is 2.70. The Kier molecular flexibility index (Phi) is 7.46. The molecule has 156 valence electrons. The van der Waals surface area contributed by atoms with Crippen LogP contribution in [0.25, 0.3) is 0 Å². The fourth-order valence-corrected chi connectivity index (χ4v) is 2.52. The smallest absolute Gasteiger partial charge is 0.416 e. The molecular weight excluding hydrogens is 389 g/mol. The van der Waals surface area contributed by atoms with E-state index in [1.54, 1.807) is 18.2 Å². The van der Waals surface area contributed by atoms with Crippen molar-refractivity contribution in [3.63, 3.8) is 0 Å². The van der Waals surface area contributed by atoms with Gasteiger partial charge in [0.2, 0.25) is 5.91 Å². The van der Waals surface area contributed by atoms with Crippen LogP contribution in [0.4, 0.5) is 13.2 Å². The molecule has 0 radical (unpaired) electrons. The lowest BCUT2D eigenvalue weighted by Crippen LogP contribution is -2.35. The second kappa shape index (κ2) is 9.81. The molecule has 2 aromatic carbocycles. The molecule has 2 N–H and O–H groups in total. The van der Waals surface area contributed by atoms with Gasteiger partial charge in [0, 0.05) is 30.3 Å². The topological polar surface area (TPSA) is 76.7 Å². The normalized spacial score (nSPS) is 10.9. The minimum absolute atomic E-state index is 0.0834. The van der Waals surface area contributed by atoms with Crippen molar-refractivity contribution in [2.45, 2.75) is 12.6 Å². The van der Waals surface area contributed by atoms with Gasteiger partial charge in [0.25, 0.3) is 5.91 Å². The van der Waals surface area contributed by atoms with Gasteiger partial charge in [-0.25, -0.2) is 0 Å². The molecule has 0 aliphatic rings. The summed E-state index contributed by atoms with van der Waals surface area (Å²) in [5, 5.41) is 5.20. The van der Waals surface area contributed by atoms with Crippen molar-refractivity contribution in [1.82, 2.24) is 10.6 Å². The van der Waals surface area contributed by atoms with Crippen LogP contribution >= 0.6 is 0 Å². The minimum atomic E-state index is -4.45. The molecule has 2 rings (SSSR count). The van der Waals surface area contributed by atoms with E-state index in [4.69, 9.17) is 9.47 Å². The molecule has 0 aliphatic heterocycles. The zero-order valence-corrected chi connectivity index (χ0v) is 15.9. The van der Waals surface area contributed by atoms with E-state index < -0.39 is 17.6 Å². The maximum Gasteiger partial charge on any atom is 0.416 e.